The molecule has 0 fully saturated rings. The third-order valence-electron chi connectivity index (χ3n) is 4.42. The lowest BCUT2D eigenvalue weighted by atomic mass is 9.82. The van der Waals surface area contributed by atoms with E-state index in [1.54, 1.807) is 18.2 Å². The Labute approximate surface area is 155 Å². The molecule has 0 aromatic heterocycles. The van der Waals surface area contributed by atoms with Crippen LogP contribution in [0.3, 0.4) is 0 Å². The number of anilines is 2. The molecule has 1 aliphatic rings. The number of hydrogen-bond donors (Lipinski definition) is 3. The number of rotatable bonds is 2. The van der Waals surface area contributed by atoms with E-state index in [2.05, 4.69) is 5.32 Å². The lowest BCUT2D eigenvalue weighted by molar-refractivity contribution is 0.0970. The summed E-state index contributed by atoms with van der Waals surface area (Å²) in [6, 6.07) is 9.28. The van der Waals surface area contributed by atoms with Crippen molar-refractivity contribution in [3.8, 4) is 11.5 Å². The summed E-state index contributed by atoms with van der Waals surface area (Å²) in [7, 11) is 0. The van der Waals surface area contributed by atoms with Crippen LogP contribution >= 0.6 is 0 Å². The number of aromatic hydroxyl groups is 2. The van der Waals surface area contributed by atoms with Crippen molar-refractivity contribution in [1.82, 2.24) is 0 Å². The zero-order chi connectivity index (χ0) is 20.2. The van der Waals surface area contributed by atoms with Gasteiger partial charge in [-0.2, -0.15) is 0 Å². The van der Waals surface area contributed by atoms with E-state index in [0.717, 1.165) is 12.1 Å². The maximum absolute atomic E-state index is 15.0. The average molecular weight is 385 g/mol. The zero-order valence-electron chi connectivity index (χ0n) is 13.9. The van der Waals surface area contributed by atoms with Gasteiger partial charge in [0, 0.05) is 16.8 Å². The highest BCUT2D eigenvalue weighted by molar-refractivity contribution is 6.29. The number of carbonyl (C=O) groups is 2. The van der Waals surface area contributed by atoms with Crippen molar-refractivity contribution in [2.45, 2.75) is 0 Å². The Bertz CT molecular complexity index is 1180. The number of phenols is 2. The molecular formula is C20H10F3NO4. The number of nitrogens with one attached hydrogen (secondary N) is 1. The number of hydrogen-bond acceptors (Lipinski definition) is 5. The van der Waals surface area contributed by atoms with Crippen LogP contribution in [0.1, 0.15) is 31.8 Å². The highest BCUT2D eigenvalue weighted by atomic mass is 19.2. The summed E-state index contributed by atoms with van der Waals surface area (Å²) >= 11 is 0. The Morgan fingerprint density at radius 2 is 1.21 bits per heavy atom. The number of fused-ring (bicyclic) bond motifs is 2. The lowest BCUT2D eigenvalue weighted by Gasteiger charge is -2.21. The van der Waals surface area contributed by atoms with Crippen LogP contribution in [0.5, 0.6) is 11.5 Å². The predicted octanol–water partition coefficient (Wildman–Crippen LogP) is 4.03. The first-order valence-corrected chi connectivity index (χ1v) is 7.99. The number of para-hydroxylation sites is 1. The Hall–Kier alpha value is -3.81. The minimum atomic E-state index is -1.69. The molecule has 0 spiro atoms. The second kappa shape index (κ2) is 6.12. The van der Waals surface area contributed by atoms with Crippen LogP contribution in [0, 0.1) is 17.5 Å². The standard InChI is InChI=1S/C20H10F3NO4/c21-15-13-14(16(22)18(17(15)23)24-8-4-2-1-3-5-8)20(28)10-7-12(26)11(25)6-9(10)19(13)27/h1-7,24-26H. The Morgan fingerprint density at radius 3 is 1.75 bits per heavy atom. The van der Waals surface area contributed by atoms with E-state index in [0.29, 0.717) is 0 Å². The Balaban J connectivity index is 1.96. The van der Waals surface area contributed by atoms with Crippen molar-refractivity contribution in [2.24, 2.45) is 0 Å². The minimum Gasteiger partial charge on any atom is -0.504 e. The van der Waals surface area contributed by atoms with Gasteiger partial charge in [0.05, 0.1) is 11.1 Å². The third kappa shape index (κ3) is 2.42. The monoisotopic (exact) mass is 385 g/mol. The second-order valence-electron chi connectivity index (χ2n) is 6.10. The van der Waals surface area contributed by atoms with Gasteiger partial charge in [-0.05, 0) is 24.3 Å². The fraction of sp³-hybridized carbons (Fsp3) is 0. The molecule has 5 nitrogen and oxygen atoms in total. The third-order valence-corrected chi connectivity index (χ3v) is 4.42. The van der Waals surface area contributed by atoms with E-state index in [-0.39, 0.29) is 5.69 Å². The SMILES string of the molecule is O=C1c2cc(O)c(O)cc2C(=O)c2c(F)c(Nc3ccccc3)c(F)c(F)c21. The van der Waals surface area contributed by atoms with Gasteiger partial charge in [-0.1, -0.05) is 18.2 Å². The van der Waals surface area contributed by atoms with Crippen molar-refractivity contribution < 1.29 is 33.0 Å². The molecule has 0 unspecified atom stereocenters. The van der Waals surface area contributed by atoms with Crippen molar-refractivity contribution in [2.75, 3.05) is 5.32 Å². The molecule has 0 amide bonds. The summed E-state index contributed by atoms with van der Waals surface area (Å²) in [5.41, 5.74) is -3.58. The molecule has 3 N–H and O–H groups in total. The van der Waals surface area contributed by atoms with Crippen molar-refractivity contribution in [3.05, 3.63) is 82.2 Å². The Kier molecular flexibility index (Phi) is 3.85. The molecular weight excluding hydrogens is 375 g/mol. The molecule has 3 aromatic rings. The van der Waals surface area contributed by atoms with E-state index in [4.69, 9.17) is 0 Å². The van der Waals surface area contributed by atoms with Crippen LogP contribution in [-0.2, 0) is 0 Å². The maximum Gasteiger partial charge on any atom is 0.197 e. The number of carbonyl (C=O) groups excluding carboxylic acids is 2. The predicted molar refractivity (Wildman–Crippen MR) is 92.7 cm³/mol. The van der Waals surface area contributed by atoms with Gasteiger partial charge in [-0.25, -0.2) is 13.2 Å². The summed E-state index contributed by atoms with van der Waals surface area (Å²) < 4.78 is 44.2. The molecule has 0 bridgehead atoms. The molecule has 0 saturated carbocycles. The first-order valence-electron chi connectivity index (χ1n) is 7.99. The van der Waals surface area contributed by atoms with Crippen LogP contribution in [0.25, 0.3) is 0 Å². The van der Waals surface area contributed by atoms with Gasteiger partial charge in [0.25, 0.3) is 0 Å². The van der Waals surface area contributed by atoms with Crippen molar-refractivity contribution >= 4 is 22.9 Å². The highest BCUT2D eigenvalue weighted by Crippen LogP contribution is 2.40. The van der Waals surface area contributed by atoms with Gasteiger partial charge < -0.3 is 15.5 Å². The van der Waals surface area contributed by atoms with Gasteiger partial charge in [-0.15, -0.1) is 0 Å². The second-order valence-corrected chi connectivity index (χ2v) is 6.10. The van der Waals surface area contributed by atoms with Crippen LogP contribution < -0.4 is 5.32 Å². The van der Waals surface area contributed by atoms with E-state index in [1.807, 2.05) is 0 Å². The molecule has 4 rings (SSSR count). The van der Waals surface area contributed by atoms with E-state index < -0.39 is 68.5 Å². The molecule has 1 aliphatic carbocycles. The zero-order valence-corrected chi connectivity index (χ0v) is 13.9. The van der Waals surface area contributed by atoms with Crippen LogP contribution in [-0.4, -0.2) is 21.8 Å². The van der Waals surface area contributed by atoms with Crippen LogP contribution in [0.4, 0.5) is 24.5 Å². The van der Waals surface area contributed by atoms with E-state index >= 15 is 4.39 Å². The van der Waals surface area contributed by atoms with Gasteiger partial charge in [0.15, 0.2) is 40.5 Å². The summed E-state index contributed by atoms with van der Waals surface area (Å²) in [5, 5.41) is 21.5. The number of halogens is 3. The first-order chi connectivity index (χ1) is 13.3. The molecule has 140 valence electrons. The molecule has 28 heavy (non-hydrogen) atoms. The fourth-order valence-corrected chi connectivity index (χ4v) is 3.08. The fourth-order valence-electron chi connectivity index (χ4n) is 3.08. The summed E-state index contributed by atoms with van der Waals surface area (Å²) in [6.07, 6.45) is 0. The number of phenolic OH excluding ortho intramolecular Hbond substituents is 2. The molecule has 0 saturated heterocycles. The average Bonchev–Trinajstić information content (AvgIpc) is 2.68. The molecule has 3 aromatic carbocycles. The van der Waals surface area contributed by atoms with Crippen molar-refractivity contribution in [3.63, 3.8) is 0 Å². The summed E-state index contributed by atoms with van der Waals surface area (Å²) in [4.78, 5) is 25.3. The van der Waals surface area contributed by atoms with Crippen molar-refractivity contribution in [1.29, 1.82) is 0 Å². The first kappa shape index (κ1) is 17.6. The van der Waals surface area contributed by atoms with Crippen LogP contribution in [0.15, 0.2) is 42.5 Å². The van der Waals surface area contributed by atoms with Gasteiger partial charge in [0.1, 0.15) is 5.69 Å². The molecule has 0 aliphatic heterocycles. The van der Waals surface area contributed by atoms with Gasteiger partial charge >= 0.3 is 0 Å². The van der Waals surface area contributed by atoms with E-state index in [9.17, 15) is 28.6 Å². The Morgan fingerprint density at radius 1 is 0.714 bits per heavy atom. The molecule has 0 atom stereocenters. The molecule has 8 heteroatoms. The minimum absolute atomic E-state index is 0.234. The summed E-state index contributed by atoms with van der Waals surface area (Å²) in [6.45, 7) is 0. The molecule has 0 radical (unpaired) electrons. The maximum atomic E-state index is 15.0. The van der Waals surface area contributed by atoms with Gasteiger partial charge in [-0.3, -0.25) is 9.59 Å². The quantitative estimate of drug-likeness (QED) is 0.358. The number of ketones is 2. The largest absolute Gasteiger partial charge is 0.504 e. The smallest absolute Gasteiger partial charge is 0.197 e. The number of benzene rings is 3. The van der Waals surface area contributed by atoms with E-state index in [1.165, 1.54) is 12.1 Å². The lowest BCUT2D eigenvalue weighted by Crippen LogP contribution is -2.25. The normalized spacial score (nSPS) is 12.5. The topological polar surface area (TPSA) is 86.6 Å². The highest BCUT2D eigenvalue weighted by Gasteiger charge is 2.39. The van der Waals surface area contributed by atoms with Gasteiger partial charge in [0.2, 0.25) is 0 Å². The summed E-state index contributed by atoms with van der Waals surface area (Å²) in [5.74, 6) is -8.52. The molecule has 0 heterocycles. The van der Waals surface area contributed by atoms with Crippen LogP contribution in [0.2, 0.25) is 0 Å².